The molecule has 1 saturated heterocycles. The first kappa shape index (κ1) is 14.5. The molecule has 2 heterocycles. The van der Waals surface area contributed by atoms with Crippen molar-refractivity contribution in [1.29, 1.82) is 5.26 Å². The van der Waals surface area contributed by atoms with Crippen LogP contribution in [0.2, 0.25) is 0 Å². The third-order valence-corrected chi connectivity index (χ3v) is 5.58. The number of nitrogens with zero attached hydrogens (tertiary/aromatic N) is 2. The van der Waals surface area contributed by atoms with E-state index in [1.54, 1.807) is 11.8 Å². The van der Waals surface area contributed by atoms with Gasteiger partial charge < -0.3 is 15.4 Å². The predicted octanol–water partition coefficient (Wildman–Crippen LogP) is 2.79. The van der Waals surface area contributed by atoms with E-state index in [-0.39, 0.29) is 0 Å². The number of thioether (sulfide) groups is 1. The SMILES string of the molecule is CSc1c(N(C)CC2CCOCC2)sc(C#N)c1N. The van der Waals surface area contributed by atoms with Gasteiger partial charge in [-0.25, -0.2) is 0 Å². The number of hydrogen-bond donors (Lipinski definition) is 1. The summed E-state index contributed by atoms with van der Waals surface area (Å²) >= 11 is 3.11. The second-order valence-corrected chi connectivity index (χ2v) is 6.55. The molecule has 1 aromatic heterocycles. The minimum absolute atomic E-state index is 0.623. The minimum Gasteiger partial charge on any atom is -0.396 e. The van der Waals surface area contributed by atoms with E-state index in [1.165, 1.54) is 11.3 Å². The highest BCUT2D eigenvalue weighted by molar-refractivity contribution is 7.99. The summed E-state index contributed by atoms with van der Waals surface area (Å²) in [6.45, 7) is 2.73. The van der Waals surface area contributed by atoms with Crippen molar-refractivity contribution in [3.8, 4) is 6.07 Å². The van der Waals surface area contributed by atoms with E-state index >= 15 is 0 Å². The van der Waals surface area contributed by atoms with E-state index in [4.69, 9.17) is 15.7 Å². The minimum atomic E-state index is 0.623. The summed E-state index contributed by atoms with van der Waals surface area (Å²) in [5.41, 5.74) is 6.65. The third kappa shape index (κ3) is 3.16. The van der Waals surface area contributed by atoms with Gasteiger partial charge in [-0.3, -0.25) is 0 Å². The van der Waals surface area contributed by atoms with Crippen molar-refractivity contribution >= 4 is 33.8 Å². The Balaban J connectivity index is 2.14. The molecule has 104 valence electrons. The molecule has 1 aromatic rings. The summed E-state index contributed by atoms with van der Waals surface area (Å²) in [4.78, 5) is 3.90. The van der Waals surface area contributed by atoms with E-state index in [0.29, 0.717) is 16.5 Å². The fourth-order valence-corrected chi connectivity index (χ4v) is 4.32. The van der Waals surface area contributed by atoms with E-state index in [2.05, 4.69) is 18.0 Å². The molecule has 0 radical (unpaired) electrons. The molecule has 0 bridgehead atoms. The number of rotatable bonds is 4. The first-order valence-electron chi connectivity index (χ1n) is 6.32. The highest BCUT2D eigenvalue weighted by Crippen LogP contribution is 2.43. The van der Waals surface area contributed by atoms with Gasteiger partial charge in [0.1, 0.15) is 15.9 Å². The fraction of sp³-hybridized carbons (Fsp3) is 0.615. The Hall–Kier alpha value is -0.900. The van der Waals surface area contributed by atoms with Crippen molar-refractivity contribution in [2.24, 2.45) is 5.92 Å². The first-order chi connectivity index (χ1) is 9.17. The van der Waals surface area contributed by atoms with Gasteiger partial charge in [-0.2, -0.15) is 5.26 Å². The Morgan fingerprint density at radius 1 is 1.53 bits per heavy atom. The molecule has 0 saturated carbocycles. The molecule has 19 heavy (non-hydrogen) atoms. The monoisotopic (exact) mass is 297 g/mol. The Labute approximate surface area is 122 Å². The molecule has 0 spiro atoms. The van der Waals surface area contributed by atoms with Crippen LogP contribution in [0.1, 0.15) is 17.7 Å². The highest BCUT2D eigenvalue weighted by Gasteiger charge is 2.21. The van der Waals surface area contributed by atoms with E-state index in [1.807, 2.05) is 6.26 Å². The molecule has 0 unspecified atom stereocenters. The van der Waals surface area contributed by atoms with Gasteiger partial charge in [-0.15, -0.1) is 23.1 Å². The summed E-state index contributed by atoms with van der Waals surface area (Å²) in [6, 6.07) is 2.18. The van der Waals surface area contributed by atoms with Crippen LogP contribution in [0.25, 0.3) is 0 Å². The topological polar surface area (TPSA) is 62.3 Å². The van der Waals surface area contributed by atoms with Gasteiger partial charge in [-0.1, -0.05) is 0 Å². The molecule has 2 rings (SSSR count). The van der Waals surface area contributed by atoms with Gasteiger partial charge in [0, 0.05) is 26.8 Å². The Morgan fingerprint density at radius 3 is 2.79 bits per heavy atom. The zero-order valence-corrected chi connectivity index (χ0v) is 12.9. The lowest BCUT2D eigenvalue weighted by molar-refractivity contribution is 0.0685. The van der Waals surface area contributed by atoms with Crippen molar-refractivity contribution in [2.75, 3.05) is 43.7 Å². The van der Waals surface area contributed by atoms with Crippen LogP contribution in [-0.4, -0.2) is 33.1 Å². The quantitative estimate of drug-likeness (QED) is 0.866. The van der Waals surface area contributed by atoms with Crippen molar-refractivity contribution in [3.05, 3.63) is 4.88 Å². The van der Waals surface area contributed by atoms with Crippen molar-refractivity contribution in [1.82, 2.24) is 0 Å². The zero-order valence-electron chi connectivity index (χ0n) is 11.3. The molecule has 1 aliphatic rings. The standard InChI is InChI=1S/C13H19N3OS2/c1-16(8-9-3-5-17-6-4-9)13-12(18-2)11(15)10(7-14)19-13/h9H,3-6,8,15H2,1-2H3. The van der Waals surface area contributed by atoms with Crippen LogP contribution in [0.15, 0.2) is 4.90 Å². The summed E-state index contributed by atoms with van der Waals surface area (Å²) in [6.07, 6.45) is 4.24. The maximum absolute atomic E-state index is 9.09. The average Bonchev–Trinajstić information content (AvgIpc) is 2.76. The zero-order chi connectivity index (χ0) is 13.8. The summed E-state index contributed by atoms with van der Waals surface area (Å²) in [5, 5.41) is 10.2. The summed E-state index contributed by atoms with van der Waals surface area (Å²) in [7, 11) is 2.08. The van der Waals surface area contributed by atoms with Crippen molar-refractivity contribution in [3.63, 3.8) is 0 Å². The maximum atomic E-state index is 9.09. The molecule has 2 N–H and O–H groups in total. The van der Waals surface area contributed by atoms with E-state index in [0.717, 1.165) is 42.5 Å². The molecule has 0 atom stereocenters. The Kier molecular flexibility index (Phi) is 4.97. The smallest absolute Gasteiger partial charge is 0.131 e. The van der Waals surface area contributed by atoms with Gasteiger partial charge in [0.15, 0.2) is 0 Å². The average molecular weight is 297 g/mol. The van der Waals surface area contributed by atoms with Crippen LogP contribution < -0.4 is 10.6 Å². The lowest BCUT2D eigenvalue weighted by Gasteiger charge is -2.28. The van der Waals surface area contributed by atoms with Crippen LogP contribution in [0.5, 0.6) is 0 Å². The Bertz CT molecular complexity index is 475. The number of thiophene rings is 1. The molecule has 4 nitrogen and oxygen atoms in total. The molecule has 1 aliphatic heterocycles. The largest absolute Gasteiger partial charge is 0.396 e. The fourth-order valence-electron chi connectivity index (χ4n) is 2.35. The Morgan fingerprint density at radius 2 is 2.21 bits per heavy atom. The first-order valence-corrected chi connectivity index (χ1v) is 8.36. The van der Waals surface area contributed by atoms with Gasteiger partial charge >= 0.3 is 0 Å². The molecular weight excluding hydrogens is 278 g/mol. The molecular formula is C13H19N3OS2. The maximum Gasteiger partial charge on any atom is 0.131 e. The van der Waals surface area contributed by atoms with Gasteiger partial charge in [-0.05, 0) is 25.0 Å². The molecule has 0 aliphatic carbocycles. The second-order valence-electron chi connectivity index (χ2n) is 4.73. The van der Waals surface area contributed by atoms with Gasteiger partial charge in [0.2, 0.25) is 0 Å². The number of nitriles is 1. The van der Waals surface area contributed by atoms with Gasteiger partial charge in [0.05, 0.1) is 10.6 Å². The number of nitrogen functional groups attached to an aromatic ring is 1. The van der Waals surface area contributed by atoms with E-state index < -0.39 is 0 Å². The lowest BCUT2D eigenvalue weighted by atomic mass is 10.00. The van der Waals surface area contributed by atoms with Crippen molar-refractivity contribution in [2.45, 2.75) is 17.7 Å². The van der Waals surface area contributed by atoms with Crippen LogP contribution in [0.3, 0.4) is 0 Å². The second kappa shape index (κ2) is 6.51. The third-order valence-electron chi connectivity index (χ3n) is 3.41. The number of nitrogens with two attached hydrogens (primary N) is 1. The highest BCUT2D eigenvalue weighted by atomic mass is 32.2. The lowest BCUT2D eigenvalue weighted by Crippen LogP contribution is -2.29. The van der Waals surface area contributed by atoms with Crippen LogP contribution in [-0.2, 0) is 4.74 Å². The molecule has 0 amide bonds. The van der Waals surface area contributed by atoms with Gasteiger partial charge in [0.25, 0.3) is 0 Å². The number of ether oxygens (including phenoxy) is 1. The normalized spacial score (nSPS) is 16.3. The summed E-state index contributed by atoms with van der Waals surface area (Å²) < 4.78 is 5.39. The van der Waals surface area contributed by atoms with Crippen LogP contribution in [0, 0.1) is 17.2 Å². The summed E-state index contributed by atoms with van der Waals surface area (Å²) in [5.74, 6) is 0.669. The predicted molar refractivity (Wildman–Crippen MR) is 82.0 cm³/mol. The number of anilines is 2. The van der Waals surface area contributed by atoms with Crippen molar-refractivity contribution < 1.29 is 4.74 Å². The van der Waals surface area contributed by atoms with Crippen LogP contribution in [0.4, 0.5) is 10.7 Å². The van der Waals surface area contributed by atoms with E-state index in [9.17, 15) is 0 Å². The van der Waals surface area contributed by atoms with Crippen LogP contribution >= 0.6 is 23.1 Å². The molecule has 6 heteroatoms. The number of hydrogen-bond acceptors (Lipinski definition) is 6. The molecule has 0 aromatic carbocycles. The molecule has 1 fully saturated rings.